The Morgan fingerprint density at radius 2 is 1.67 bits per heavy atom. The first-order chi connectivity index (χ1) is 12.9. The van der Waals surface area contributed by atoms with Gasteiger partial charge >= 0.3 is 0 Å². The molecule has 1 N–H and O–H groups in total. The maximum Gasteiger partial charge on any atom is 0.261 e. The third-order valence-corrected chi connectivity index (χ3v) is 5.46. The number of hydrogen-bond acceptors (Lipinski definition) is 4. The summed E-state index contributed by atoms with van der Waals surface area (Å²) in [6.45, 7) is 1.89. The molecule has 1 heterocycles. The molecule has 0 atom stereocenters. The van der Waals surface area contributed by atoms with Crippen LogP contribution in [0.2, 0.25) is 0 Å². The zero-order valence-corrected chi connectivity index (χ0v) is 15.1. The summed E-state index contributed by atoms with van der Waals surface area (Å²) < 4.78 is 46.3. The number of benzene rings is 3. The highest BCUT2D eigenvalue weighted by molar-refractivity contribution is 7.92. The summed E-state index contributed by atoms with van der Waals surface area (Å²) in [5.74, 6) is -0.00815. The van der Waals surface area contributed by atoms with Crippen LogP contribution in [0.3, 0.4) is 0 Å². The molecule has 5 nitrogen and oxygen atoms in total. The third kappa shape index (κ3) is 3.54. The first-order valence-corrected chi connectivity index (χ1v) is 9.65. The Kier molecular flexibility index (Phi) is 4.16. The molecule has 4 rings (SSSR count). The van der Waals surface area contributed by atoms with Crippen LogP contribution in [-0.4, -0.2) is 13.4 Å². The van der Waals surface area contributed by atoms with Crippen LogP contribution in [0.25, 0.3) is 22.6 Å². The molecule has 27 heavy (non-hydrogen) atoms. The number of nitrogens with zero attached hydrogens (tertiary/aromatic N) is 1. The minimum Gasteiger partial charge on any atom is -0.436 e. The van der Waals surface area contributed by atoms with Crippen molar-refractivity contribution in [2.75, 3.05) is 4.72 Å². The molecular formula is C20H15FN2O3S. The Bertz CT molecular complexity index is 1210. The molecule has 1 aromatic heterocycles. The summed E-state index contributed by atoms with van der Waals surface area (Å²) in [4.78, 5) is 4.54. The minimum atomic E-state index is -3.70. The van der Waals surface area contributed by atoms with Crippen molar-refractivity contribution in [2.45, 2.75) is 11.8 Å². The average Bonchev–Trinajstić information content (AvgIpc) is 3.05. The number of rotatable bonds is 4. The van der Waals surface area contributed by atoms with Gasteiger partial charge in [-0.25, -0.2) is 17.8 Å². The highest BCUT2D eigenvalue weighted by Crippen LogP contribution is 2.27. The average molecular weight is 382 g/mol. The van der Waals surface area contributed by atoms with Gasteiger partial charge in [-0.2, -0.15) is 0 Å². The van der Waals surface area contributed by atoms with E-state index in [9.17, 15) is 12.8 Å². The lowest BCUT2D eigenvalue weighted by Gasteiger charge is -2.08. The largest absolute Gasteiger partial charge is 0.436 e. The standard InChI is InChI=1S/C20H15FN2O3S/c1-13-2-9-17(10-3-13)27(24,25)23-16-8-11-19-18(12-16)22-20(26-19)14-4-6-15(21)7-5-14/h2-12,23H,1H3. The number of sulfonamides is 1. The molecule has 0 fully saturated rings. The van der Waals surface area contributed by atoms with Crippen LogP contribution in [0, 0.1) is 12.7 Å². The van der Waals surface area contributed by atoms with Gasteiger partial charge in [-0.1, -0.05) is 17.7 Å². The first kappa shape index (κ1) is 17.2. The first-order valence-electron chi connectivity index (χ1n) is 8.17. The van der Waals surface area contributed by atoms with Crippen molar-refractivity contribution >= 4 is 26.8 Å². The van der Waals surface area contributed by atoms with Crippen LogP contribution in [-0.2, 0) is 10.0 Å². The second-order valence-corrected chi connectivity index (χ2v) is 7.81. The van der Waals surface area contributed by atoms with E-state index in [1.165, 1.54) is 12.1 Å². The van der Waals surface area contributed by atoms with Crippen LogP contribution < -0.4 is 4.72 Å². The quantitative estimate of drug-likeness (QED) is 0.553. The summed E-state index contributed by atoms with van der Waals surface area (Å²) in [5.41, 5.74) is 2.99. The lowest BCUT2D eigenvalue weighted by atomic mass is 10.2. The van der Waals surface area contributed by atoms with Gasteiger partial charge in [0.05, 0.1) is 10.6 Å². The molecule has 7 heteroatoms. The molecule has 0 aliphatic carbocycles. The Morgan fingerprint density at radius 1 is 0.963 bits per heavy atom. The van der Waals surface area contributed by atoms with Gasteiger partial charge in [-0.15, -0.1) is 0 Å². The number of aromatic nitrogens is 1. The van der Waals surface area contributed by atoms with Crippen molar-refractivity contribution in [3.05, 3.63) is 78.1 Å². The Hall–Kier alpha value is -3.19. The number of anilines is 1. The molecule has 0 saturated carbocycles. The topological polar surface area (TPSA) is 72.2 Å². The zero-order valence-electron chi connectivity index (χ0n) is 14.3. The molecule has 0 saturated heterocycles. The van der Waals surface area contributed by atoms with E-state index in [1.54, 1.807) is 54.6 Å². The maximum atomic E-state index is 13.1. The summed E-state index contributed by atoms with van der Waals surface area (Å²) in [7, 11) is -3.70. The molecule has 0 radical (unpaired) electrons. The predicted octanol–water partition coefficient (Wildman–Crippen LogP) is 4.74. The van der Waals surface area contributed by atoms with E-state index in [1.807, 2.05) is 6.92 Å². The molecule has 3 aromatic carbocycles. The van der Waals surface area contributed by atoms with Crippen molar-refractivity contribution in [1.82, 2.24) is 4.98 Å². The number of aryl methyl sites for hydroxylation is 1. The fourth-order valence-electron chi connectivity index (χ4n) is 2.64. The van der Waals surface area contributed by atoms with Gasteiger partial charge in [0.2, 0.25) is 5.89 Å². The van der Waals surface area contributed by atoms with Crippen molar-refractivity contribution in [2.24, 2.45) is 0 Å². The second-order valence-electron chi connectivity index (χ2n) is 6.13. The van der Waals surface area contributed by atoms with E-state index in [0.717, 1.165) is 5.56 Å². The van der Waals surface area contributed by atoms with Crippen molar-refractivity contribution < 1.29 is 17.2 Å². The molecule has 136 valence electrons. The van der Waals surface area contributed by atoms with Crippen LogP contribution in [0.5, 0.6) is 0 Å². The van der Waals surface area contributed by atoms with E-state index in [0.29, 0.717) is 28.2 Å². The van der Waals surface area contributed by atoms with E-state index < -0.39 is 10.0 Å². The lowest BCUT2D eigenvalue weighted by Crippen LogP contribution is -2.12. The second kappa shape index (κ2) is 6.51. The zero-order chi connectivity index (χ0) is 19.0. The van der Waals surface area contributed by atoms with E-state index in [4.69, 9.17) is 4.42 Å². The molecule has 0 aliphatic rings. The van der Waals surface area contributed by atoms with Gasteiger partial charge in [0.15, 0.2) is 5.58 Å². The van der Waals surface area contributed by atoms with Crippen molar-refractivity contribution in [3.63, 3.8) is 0 Å². The van der Waals surface area contributed by atoms with Crippen molar-refractivity contribution in [1.29, 1.82) is 0 Å². The molecule has 0 aliphatic heterocycles. The van der Waals surface area contributed by atoms with Gasteiger partial charge < -0.3 is 4.42 Å². The SMILES string of the molecule is Cc1ccc(S(=O)(=O)Nc2ccc3oc(-c4ccc(F)cc4)nc3c2)cc1. The summed E-state index contributed by atoms with van der Waals surface area (Å²) in [6.07, 6.45) is 0. The number of fused-ring (bicyclic) bond motifs is 1. The molecule has 0 unspecified atom stereocenters. The molecular weight excluding hydrogens is 367 g/mol. The monoisotopic (exact) mass is 382 g/mol. The Morgan fingerprint density at radius 3 is 2.37 bits per heavy atom. The molecule has 4 aromatic rings. The molecule has 0 spiro atoms. The Labute approximate surface area is 155 Å². The van der Waals surface area contributed by atoms with E-state index in [2.05, 4.69) is 9.71 Å². The lowest BCUT2D eigenvalue weighted by molar-refractivity contribution is 0.601. The number of hydrogen-bond donors (Lipinski definition) is 1. The summed E-state index contributed by atoms with van der Waals surface area (Å²) in [6, 6.07) is 17.2. The van der Waals surface area contributed by atoms with Crippen LogP contribution in [0.1, 0.15) is 5.56 Å². The van der Waals surface area contributed by atoms with Crippen LogP contribution in [0.4, 0.5) is 10.1 Å². The molecule has 0 bridgehead atoms. The third-order valence-electron chi connectivity index (χ3n) is 4.06. The van der Waals surface area contributed by atoms with Gasteiger partial charge in [-0.05, 0) is 61.5 Å². The van der Waals surface area contributed by atoms with E-state index >= 15 is 0 Å². The van der Waals surface area contributed by atoms with E-state index in [-0.39, 0.29) is 10.7 Å². The minimum absolute atomic E-state index is 0.181. The fourth-order valence-corrected chi connectivity index (χ4v) is 3.69. The highest BCUT2D eigenvalue weighted by atomic mass is 32.2. The smallest absolute Gasteiger partial charge is 0.261 e. The predicted molar refractivity (Wildman–Crippen MR) is 101 cm³/mol. The van der Waals surface area contributed by atoms with Crippen LogP contribution >= 0.6 is 0 Å². The van der Waals surface area contributed by atoms with Crippen LogP contribution in [0.15, 0.2) is 76.0 Å². The van der Waals surface area contributed by atoms with Gasteiger partial charge in [0.1, 0.15) is 11.3 Å². The summed E-state index contributed by atoms with van der Waals surface area (Å²) >= 11 is 0. The Balaban J connectivity index is 1.65. The summed E-state index contributed by atoms with van der Waals surface area (Å²) in [5, 5.41) is 0. The van der Waals surface area contributed by atoms with Gasteiger partial charge in [-0.3, -0.25) is 4.72 Å². The maximum absolute atomic E-state index is 13.1. The number of nitrogens with one attached hydrogen (secondary N) is 1. The number of oxazole rings is 1. The fraction of sp³-hybridized carbons (Fsp3) is 0.0500. The van der Waals surface area contributed by atoms with Crippen molar-refractivity contribution in [3.8, 4) is 11.5 Å². The molecule has 0 amide bonds. The number of halogens is 1. The van der Waals surface area contributed by atoms with Gasteiger partial charge in [0, 0.05) is 5.56 Å². The van der Waals surface area contributed by atoms with Gasteiger partial charge in [0.25, 0.3) is 10.0 Å². The highest BCUT2D eigenvalue weighted by Gasteiger charge is 2.15. The normalized spacial score (nSPS) is 11.6.